The van der Waals surface area contributed by atoms with Crippen LogP contribution in [0.1, 0.15) is 29.0 Å². The number of urea groups is 1. The zero-order chi connectivity index (χ0) is 22.9. The zero-order valence-electron chi connectivity index (χ0n) is 18.1. The van der Waals surface area contributed by atoms with Crippen molar-refractivity contribution in [1.29, 1.82) is 0 Å². The van der Waals surface area contributed by atoms with Crippen LogP contribution in [0.4, 0.5) is 21.9 Å². The molecule has 4 aliphatic rings. The lowest BCUT2D eigenvalue weighted by atomic mass is 9.92. The van der Waals surface area contributed by atoms with Crippen molar-refractivity contribution >= 4 is 40.8 Å². The molecule has 3 N–H and O–H groups in total. The fourth-order valence-electron chi connectivity index (χ4n) is 5.71. The van der Waals surface area contributed by atoms with E-state index in [9.17, 15) is 19.2 Å². The summed E-state index contributed by atoms with van der Waals surface area (Å²) in [4.78, 5) is 52.8. The van der Waals surface area contributed by atoms with Crippen molar-refractivity contribution in [3.8, 4) is 0 Å². The molecule has 1 aliphatic carbocycles. The standard InChI is InChI=1S/C24H23N5O4/c1-28-23(33)27-22(32)24(28)9-13-5-6-16(7-14(13)10-24)25-20(31)12-29-11-15-8-19(30)26-17-3-2-4-18(29)21(15)17/h2-7,15H,8-12H2,1H3,(H,25,31)(H,26,30)(H,27,32,33). The molecular weight excluding hydrogens is 422 g/mol. The Morgan fingerprint density at radius 3 is 2.73 bits per heavy atom. The van der Waals surface area contributed by atoms with E-state index in [4.69, 9.17) is 0 Å². The van der Waals surface area contributed by atoms with Crippen LogP contribution in [0.3, 0.4) is 0 Å². The van der Waals surface area contributed by atoms with Gasteiger partial charge in [-0.25, -0.2) is 4.79 Å². The summed E-state index contributed by atoms with van der Waals surface area (Å²) in [6, 6.07) is 11.0. The third-order valence-electron chi connectivity index (χ3n) is 7.36. The quantitative estimate of drug-likeness (QED) is 0.622. The van der Waals surface area contributed by atoms with Gasteiger partial charge in [0.25, 0.3) is 5.91 Å². The Balaban J connectivity index is 1.17. The summed E-state index contributed by atoms with van der Waals surface area (Å²) in [5, 5.41) is 8.28. The Labute approximate surface area is 190 Å². The number of fused-ring (bicyclic) bond motifs is 1. The number of carbonyl (C=O) groups is 4. The predicted octanol–water partition coefficient (Wildman–Crippen LogP) is 1.59. The van der Waals surface area contributed by atoms with Crippen molar-refractivity contribution in [1.82, 2.24) is 10.2 Å². The molecule has 0 radical (unpaired) electrons. The molecule has 6 rings (SSSR count). The number of rotatable bonds is 3. The van der Waals surface area contributed by atoms with Gasteiger partial charge >= 0.3 is 6.03 Å². The summed E-state index contributed by atoms with van der Waals surface area (Å²) in [6.45, 7) is 0.817. The Kier molecular flexibility index (Phi) is 4.08. The summed E-state index contributed by atoms with van der Waals surface area (Å²) < 4.78 is 0. The van der Waals surface area contributed by atoms with Gasteiger partial charge in [-0.2, -0.15) is 0 Å². The van der Waals surface area contributed by atoms with Crippen LogP contribution in [0.2, 0.25) is 0 Å². The van der Waals surface area contributed by atoms with E-state index in [-0.39, 0.29) is 36.2 Å². The maximum Gasteiger partial charge on any atom is 0.324 e. The fourth-order valence-corrected chi connectivity index (χ4v) is 5.71. The largest absolute Gasteiger partial charge is 0.361 e. The summed E-state index contributed by atoms with van der Waals surface area (Å²) in [6.07, 6.45) is 1.32. The zero-order valence-corrected chi connectivity index (χ0v) is 18.1. The highest BCUT2D eigenvalue weighted by Crippen LogP contribution is 2.45. The number of hydrogen-bond donors (Lipinski definition) is 3. The van der Waals surface area contributed by atoms with Gasteiger partial charge in [0.2, 0.25) is 11.8 Å². The van der Waals surface area contributed by atoms with E-state index in [2.05, 4.69) is 16.0 Å². The number of nitrogens with one attached hydrogen (secondary N) is 3. The number of nitrogens with zero attached hydrogens (tertiary/aromatic N) is 2. The fraction of sp³-hybridized carbons (Fsp3) is 0.333. The number of anilines is 3. The highest BCUT2D eigenvalue weighted by molar-refractivity contribution is 6.07. The first-order chi connectivity index (χ1) is 15.8. The average Bonchev–Trinajstić information content (AvgIpc) is 3.38. The van der Waals surface area contributed by atoms with Crippen molar-refractivity contribution in [3.05, 3.63) is 53.1 Å². The minimum atomic E-state index is -0.883. The molecule has 3 aliphatic heterocycles. The Morgan fingerprint density at radius 2 is 1.94 bits per heavy atom. The Hall–Kier alpha value is -3.88. The second-order valence-corrected chi connectivity index (χ2v) is 9.30. The van der Waals surface area contributed by atoms with Gasteiger partial charge in [0.05, 0.1) is 6.54 Å². The predicted molar refractivity (Wildman–Crippen MR) is 121 cm³/mol. The maximum atomic E-state index is 12.9. The van der Waals surface area contributed by atoms with Gasteiger partial charge < -0.3 is 20.4 Å². The van der Waals surface area contributed by atoms with Gasteiger partial charge in [-0.05, 0) is 35.4 Å². The molecule has 168 valence electrons. The SMILES string of the molecule is CN1C(=O)NC(=O)C12Cc1ccc(NC(=O)CN3CC4CC(=O)Nc5cccc3c54)cc1C2. The number of hydrogen-bond acceptors (Lipinski definition) is 5. The van der Waals surface area contributed by atoms with Gasteiger partial charge in [-0.15, -0.1) is 0 Å². The van der Waals surface area contributed by atoms with Crippen molar-refractivity contribution in [2.75, 3.05) is 35.7 Å². The Morgan fingerprint density at radius 1 is 1.12 bits per heavy atom. The summed E-state index contributed by atoms with van der Waals surface area (Å²) >= 11 is 0. The van der Waals surface area contributed by atoms with E-state index >= 15 is 0 Å². The van der Waals surface area contributed by atoms with Gasteiger partial charge in [0.15, 0.2) is 0 Å². The lowest BCUT2D eigenvalue weighted by molar-refractivity contribution is -0.126. The second-order valence-electron chi connectivity index (χ2n) is 9.30. The van der Waals surface area contributed by atoms with Crippen molar-refractivity contribution in [2.45, 2.75) is 30.7 Å². The summed E-state index contributed by atoms with van der Waals surface area (Å²) in [5.74, 6) is -0.311. The minimum Gasteiger partial charge on any atom is -0.361 e. The van der Waals surface area contributed by atoms with Gasteiger partial charge in [-0.1, -0.05) is 12.1 Å². The highest BCUT2D eigenvalue weighted by atomic mass is 16.2. The third kappa shape index (κ3) is 2.92. The van der Waals surface area contributed by atoms with E-state index < -0.39 is 5.54 Å². The molecule has 1 saturated heterocycles. The molecule has 33 heavy (non-hydrogen) atoms. The lowest BCUT2D eigenvalue weighted by Gasteiger charge is -2.27. The first-order valence-electron chi connectivity index (χ1n) is 11.0. The molecule has 1 spiro atoms. The monoisotopic (exact) mass is 445 g/mol. The highest BCUT2D eigenvalue weighted by Gasteiger charge is 2.54. The smallest absolute Gasteiger partial charge is 0.324 e. The Bertz CT molecular complexity index is 1260. The topological polar surface area (TPSA) is 111 Å². The molecule has 2 aromatic carbocycles. The number of amides is 5. The van der Waals surface area contributed by atoms with E-state index in [0.717, 1.165) is 28.1 Å². The van der Waals surface area contributed by atoms with Crippen LogP contribution in [0, 0.1) is 0 Å². The number of imide groups is 1. The van der Waals surface area contributed by atoms with Crippen LogP contribution in [-0.2, 0) is 27.2 Å². The molecular formula is C24H23N5O4. The molecule has 0 saturated carbocycles. The van der Waals surface area contributed by atoms with E-state index in [1.165, 1.54) is 4.90 Å². The molecule has 9 nitrogen and oxygen atoms in total. The molecule has 2 atom stereocenters. The van der Waals surface area contributed by atoms with Crippen LogP contribution in [-0.4, -0.2) is 54.3 Å². The average molecular weight is 445 g/mol. The van der Waals surface area contributed by atoms with Crippen LogP contribution >= 0.6 is 0 Å². The molecule has 0 aromatic heterocycles. The van der Waals surface area contributed by atoms with Crippen LogP contribution in [0.25, 0.3) is 0 Å². The minimum absolute atomic E-state index is 0.00940. The maximum absolute atomic E-state index is 12.9. The summed E-state index contributed by atoms with van der Waals surface area (Å²) in [7, 11) is 1.64. The van der Waals surface area contributed by atoms with Crippen molar-refractivity contribution in [2.24, 2.45) is 0 Å². The number of carbonyl (C=O) groups excluding carboxylic acids is 4. The van der Waals surface area contributed by atoms with Crippen molar-refractivity contribution in [3.63, 3.8) is 0 Å². The number of benzene rings is 2. The van der Waals surface area contributed by atoms with Crippen LogP contribution in [0.15, 0.2) is 36.4 Å². The van der Waals surface area contributed by atoms with Crippen molar-refractivity contribution < 1.29 is 19.2 Å². The molecule has 9 heteroatoms. The molecule has 2 aromatic rings. The molecule has 5 amide bonds. The van der Waals surface area contributed by atoms with E-state index in [1.54, 1.807) is 7.05 Å². The van der Waals surface area contributed by atoms with Gasteiger partial charge in [0.1, 0.15) is 5.54 Å². The third-order valence-corrected chi connectivity index (χ3v) is 7.36. The normalized spacial score (nSPS) is 24.6. The van der Waals surface area contributed by atoms with Crippen LogP contribution in [0.5, 0.6) is 0 Å². The molecule has 1 fully saturated rings. The first kappa shape index (κ1) is 19.8. The van der Waals surface area contributed by atoms with Crippen LogP contribution < -0.4 is 20.9 Å². The first-order valence-corrected chi connectivity index (χ1v) is 11.0. The number of likely N-dealkylation sites (N-methyl/N-ethyl adjacent to an activating group) is 1. The lowest BCUT2D eigenvalue weighted by Crippen LogP contribution is -2.48. The van der Waals surface area contributed by atoms with E-state index in [0.29, 0.717) is 31.5 Å². The summed E-state index contributed by atoms with van der Waals surface area (Å²) in [5.41, 5.74) is 4.67. The molecule has 0 bridgehead atoms. The van der Waals surface area contributed by atoms with Gasteiger partial charge in [0, 0.05) is 61.4 Å². The molecule has 3 heterocycles. The molecule has 2 unspecified atom stereocenters. The van der Waals surface area contributed by atoms with E-state index in [1.807, 2.05) is 41.3 Å². The van der Waals surface area contributed by atoms with Gasteiger partial charge in [-0.3, -0.25) is 19.7 Å². The second kappa shape index (κ2) is 6.81.